The fourth-order valence-electron chi connectivity index (χ4n) is 0. The summed E-state index contributed by atoms with van der Waals surface area (Å²) < 4.78 is 6.24. The van der Waals surface area contributed by atoms with Crippen LogP contribution in [0.2, 0.25) is 0 Å². The van der Waals surface area contributed by atoms with Gasteiger partial charge in [-0.25, -0.2) is 0 Å². The van der Waals surface area contributed by atoms with Gasteiger partial charge in [-0.05, 0) is 0 Å². The van der Waals surface area contributed by atoms with Gasteiger partial charge in [-0.15, -0.1) is 33.2 Å². The first kappa shape index (κ1) is 18.6. The monoisotopic (exact) mass is 812 g/mol. The molecule has 0 aliphatic carbocycles. The molecule has 0 aromatic heterocycles. The Morgan fingerprint density at radius 3 is 1.50 bits per heavy atom. The quantitative estimate of drug-likeness (QED) is 0.258. The summed E-state index contributed by atoms with van der Waals surface area (Å²) in [6.07, 6.45) is 0. The van der Waals surface area contributed by atoms with Gasteiger partial charge in [0.05, 0.1) is 1.28 Å². The molecule has 0 rings (SSSR count). The fourth-order valence-corrected chi connectivity index (χ4v) is 0. The molecule has 0 spiro atoms. The third-order valence-corrected chi connectivity index (χ3v) is 0. The van der Waals surface area contributed by atoms with E-state index in [0.29, 0.717) is 22.4 Å². The molecule has 0 saturated carbocycles. The van der Waals surface area contributed by atoms with Crippen LogP contribution in [-0.2, 0) is 0 Å². The second-order valence-electron chi connectivity index (χ2n) is 0.0540. The molecule has 0 fully saturated rings. The van der Waals surface area contributed by atoms with E-state index in [9.17, 15) is 0 Å². The van der Waals surface area contributed by atoms with Crippen molar-refractivity contribution in [2.75, 3.05) is 6.66 Å². The first-order chi connectivity index (χ1) is 3.83. The summed E-state index contributed by atoms with van der Waals surface area (Å²) in [5, 5.41) is 0. The summed E-state index contributed by atoms with van der Waals surface area (Å²) in [7, 11) is 0.333. The van der Waals surface area contributed by atoms with Crippen LogP contribution >= 0.6 is 108 Å². The van der Waals surface area contributed by atoms with E-state index in [4.69, 9.17) is 1.28 Å². The largest absolute Gasteiger partial charge is 0.141 e. The first-order valence-electron chi connectivity index (χ1n) is 1.43. The van der Waals surface area contributed by atoms with E-state index >= 15 is 0 Å². The van der Waals surface area contributed by atoms with E-state index < -0.39 is 0 Å². The summed E-state index contributed by atoms with van der Waals surface area (Å²) in [6.45, 7) is 1.82. The van der Waals surface area contributed by atoms with E-state index in [1.165, 1.54) is 0 Å². The van der Waals surface area contributed by atoms with Crippen molar-refractivity contribution in [3.05, 3.63) is 0 Å². The van der Waals surface area contributed by atoms with E-state index in [2.05, 4.69) is 74.5 Å². The number of hydrogen-bond donors (Lipinski definition) is 0. The van der Waals surface area contributed by atoms with Crippen LogP contribution in [0.5, 0.6) is 0 Å². The SMILES string of the molecule is I.II.I[I-]I.[3H]PC. The summed E-state index contributed by atoms with van der Waals surface area (Å²) in [6, 6.07) is 0. The molecule has 0 aliphatic rings. The molecule has 0 aliphatic heterocycles. The molecule has 0 bridgehead atoms. The predicted molar refractivity (Wildman–Crippen MR) is 87.1 cm³/mol. The molecule has 1 atom stereocenters. The number of rotatable bonds is 0. The van der Waals surface area contributed by atoms with Crippen LogP contribution < -0.4 is 13.3 Å². The van der Waals surface area contributed by atoms with Gasteiger partial charge < -0.3 is 0 Å². The van der Waals surface area contributed by atoms with Crippen LogP contribution in [-0.4, -0.2) is 7.94 Å². The van der Waals surface area contributed by atoms with E-state index in [1.807, 2.05) is 6.66 Å². The van der Waals surface area contributed by atoms with Gasteiger partial charge in [-0.3, -0.25) is 0 Å². The Morgan fingerprint density at radius 1 is 1.50 bits per heavy atom. The Morgan fingerprint density at radius 2 is 1.50 bits per heavy atom. The molecule has 0 nitrogen and oxygen atoms in total. The zero-order chi connectivity index (χ0) is 7.41. The standard InChI is InChI=1S/CH5P.I3.I2.HI/c1-2;1-3-2;1-2;/h2H2,1H3;;;1H/q;-1;;/i2T;;;. The van der Waals surface area contributed by atoms with Gasteiger partial charge in [-0.1, -0.05) is 6.66 Å². The van der Waals surface area contributed by atoms with Gasteiger partial charge in [0.2, 0.25) is 0 Å². The van der Waals surface area contributed by atoms with Crippen LogP contribution in [0.4, 0.5) is 0 Å². The minimum absolute atomic E-state index is 0. The Bertz CT molecular complexity index is 15.0. The van der Waals surface area contributed by atoms with Crippen LogP contribution in [0.15, 0.2) is 0 Å². The minimum Gasteiger partial charge on any atom is -0.141 e. The molecule has 0 radical (unpaired) electrons. The zero-order valence-electron chi connectivity index (χ0n) is 4.80. The van der Waals surface area contributed by atoms with Crippen LogP contribution in [0.1, 0.15) is 0 Å². The predicted octanol–water partition coefficient (Wildman–Crippen LogP) is 1.66. The van der Waals surface area contributed by atoms with E-state index in [-0.39, 0.29) is 24.0 Å². The van der Waals surface area contributed by atoms with Crippen LogP contribution in [0.3, 0.4) is 0 Å². The molecule has 0 aromatic carbocycles. The normalized spacial score (nSPS) is 7.38. The van der Waals surface area contributed by atoms with Gasteiger partial charge >= 0.3 is 50.5 Å². The maximum absolute atomic E-state index is 6.24. The van der Waals surface area contributed by atoms with Crippen molar-refractivity contribution in [2.24, 2.45) is 0 Å². The van der Waals surface area contributed by atoms with Crippen molar-refractivity contribution in [2.45, 2.75) is 0 Å². The molecule has 58 valence electrons. The molecular weight excluding hydrogens is 804 g/mol. The fraction of sp³-hybridized carbons (Fsp3) is 1.00. The zero-order valence-corrected chi connectivity index (χ0v) is 17.9. The third-order valence-electron chi connectivity index (χ3n) is 0. The summed E-state index contributed by atoms with van der Waals surface area (Å²) >= 11 is 9.54. The molecular formula is CH6I6P-. The molecule has 7 heteroatoms. The molecule has 0 aromatic rings. The maximum atomic E-state index is 6.24. The topological polar surface area (TPSA) is 0 Å². The van der Waals surface area contributed by atoms with Gasteiger partial charge in [0.25, 0.3) is 0 Å². The average Bonchev–Trinajstić information content (AvgIpc) is 1.75. The van der Waals surface area contributed by atoms with Crippen molar-refractivity contribution in [1.82, 2.24) is 0 Å². The average molecular weight is 812 g/mol. The van der Waals surface area contributed by atoms with Gasteiger partial charge in [0.15, 0.2) is 0 Å². The molecule has 0 N–H and O–H groups in total. The van der Waals surface area contributed by atoms with Gasteiger partial charge in [-0.2, -0.15) is 0 Å². The van der Waals surface area contributed by atoms with Gasteiger partial charge in [0.1, 0.15) is 0 Å². The van der Waals surface area contributed by atoms with Crippen molar-refractivity contribution < 1.29 is 13.3 Å². The number of hydrogen-bond acceptors (Lipinski definition) is 0. The van der Waals surface area contributed by atoms with E-state index in [1.54, 1.807) is 0 Å². The molecule has 0 amide bonds. The second-order valence-corrected chi connectivity index (χ2v) is 16.3. The minimum atomic E-state index is 0. The number of halogens is 6. The molecule has 0 saturated heterocycles. The van der Waals surface area contributed by atoms with E-state index in [0.717, 1.165) is 0 Å². The Balaban J connectivity index is -0.0000000202. The van der Waals surface area contributed by atoms with Crippen molar-refractivity contribution in [3.8, 4) is 0 Å². The van der Waals surface area contributed by atoms with Crippen LogP contribution in [0, 0.1) is 0 Å². The van der Waals surface area contributed by atoms with Gasteiger partial charge in [0, 0.05) is 37.2 Å². The first-order valence-corrected chi connectivity index (χ1v) is 20.8. The van der Waals surface area contributed by atoms with Crippen molar-refractivity contribution in [1.29, 1.82) is 1.28 Å². The Kier molecular flexibility index (Phi) is 94.9. The summed E-state index contributed by atoms with van der Waals surface area (Å²) in [4.78, 5) is 0. The molecule has 8 heavy (non-hydrogen) atoms. The Labute approximate surface area is 125 Å². The summed E-state index contributed by atoms with van der Waals surface area (Å²) in [5.41, 5.74) is 0. The Hall–Kier alpha value is 4.81. The van der Waals surface area contributed by atoms with Crippen molar-refractivity contribution in [3.63, 3.8) is 0 Å². The molecule has 1 unspecified atom stereocenters. The molecule has 0 heterocycles. The second kappa shape index (κ2) is 40.9. The summed E-state index contributed by atoms with van der Waals surface area (Å²) in [5.74, 6) is 0. The third kappa shape index (κ3) is 45.0. The van der Waals surface area contributed by atoms with Crippen LogP contribution in [0.25, 0.3) is 0 Å². The van der Waals surface area contributed by atoms with Crippen molar-refractivity contribution >= 4 is 108 Å². The smallest absolute Gasteiger partial charge is 0.0543 e. The maximum Gasteiger partial charge on any atom is 0.0543 e.